The third-order valence-electron chi connectivity index (χ3n) is 4.09. The number of fused-ring (bicyclic) bond motifs is 1. The Balaban J connectivity index is 0.00000240. The second-order valence-corrected chi connectivity index (χ2v) is 8.83. The highest BCUT2D eigenvalue weighted by atomic mass is 35.5. The van der Waals surface area contributed by atoms with E-state index in [-0.39, 0.29) is 17.9 Å². The summed E-state index contributed by atoms with van der Waals surface area (Å²) in [6, 6.07) is 14.2. The summed E-state index contributed by atoms with van der Waals surface area (Å²) < 4.78 is 2.10. The van der Waals surface area contributed by atoms with Gasteiger partial charge in [-0.25, -0.2) is 9.97 Å². The molecule has 6 heteroatoms. The molecule has 0 spiro atoms. The molecule has 4 rings (SSSR count). The number of hydrogen-bond donors (Lipinski definition) is 1. The molecule has 0 fully saturated rings. The summed E-state index contributed by atoms with van der Waals surface area (Å²) in [6.07, 6.45) is 3.88. The van der Waals surface area contributed by atoms with Gasteiger partial charge >= 0.3 is 0 Å². The number of hydrogen-bond acceptors (Lipinski definition) is 4. The maximum absolute atomic E-state index is 4.86. The Kier molecular flexibility index (Phi) is 5.97. The lowest BCUT2D eigenvalue weighted by molar-refractivity contribution is 0.630. The number of anilines is 1. The molecule has 4 aromatic rings. The van der Waals surface area contributed by atoms with Crippen LogP contribution in [0.4, 0.5) is 5.82 Å². The zero-order valence-corrected chi connectivity index (χ0v) is 18.5. The van der Waals surface area contributed by atoms with E-state index >= 15 is 0 Å². The predicted octanol–water partition coefficient (Wildman–Crippen LogP) is 5.80. The van der Waals surface area contributed by atoms with Crippen molar-refractivity contribution in [3.63, 3.8) is 0 Å². The van der Waals surface area contributed by atoms with Crippen molar-refractivity contribution in [2.45, 2.75) is 33.2 Å². The third-order valence-corrected chi connectivity index (χ3v) is 5.10. The van der Waals surface area contributed by atoms with Gasteiger partial charge in [0.1, 0.15) is 22.9 Å². The van der Waals surface area contributed by atoms with Crippen molar-refractivity contribution < 1.29 is 0 Å². The van der Waals surface area contributed by atoms with Crippen molar-refractivity contribution in [2.75, 3.05) is 5.32 Å². The van der Waals surface area contributed by atoms with Gasteiger partial charge in [0.05, 0.1) is 9.75 Å². The zero-order chi connectivity index (χ0) is 19.7. The van der Waals surface area contributed by atoms with Gasteiger partial charge in [-0.3, -0.25) is 4.40 Å². The van der Waals surface area contributed by atoms with E-state index in [0.717, 1.165) is 38.2 Å². The minimum Gasteiger partial charge on any atom is -0.365 e. The summed E-state index contributed by atoms with van der Waals surface area (Å²) >= 11 is 1.65. The van der Waals surface area contributed by atoms with E-state index in [1.165, 1.54) is 0 Å². The molecule has 0 saturated heterocycles. The Morgan fingerprint density at radius 3 is 2.59 bits per heavy atom. The predicted molar refractivity (Wildman–Crippen MR) is 124 cm³/mol. The van der Waals surface area contributed by atoms with Crippen LogP contribution in [0.15, 0.2) is 54.9 Å². The number of thiophene rings is 1. The maximum Gasteiger partial charge on any atom is 0.140 e. The van der Waals surface area contributed by atoms with Crippen LogP contribution < -0.4 is 5.32 Å². The van der Waals surface area contributed by atoms with Crippen LogP contribution in [0.1, 0.15) is 36.9 Å². The van der Waals surface area contributed by atoms with Gasteiger partial charge in [-0.1, -0.05) is 12.1 Å². The molecular formula is C23H23ClN4S. The number of aromatic nitrogens is 3. The maximum atomic E-state index is 4.86. The Bertz CT molecular complexity index is 1190. The molecule has 0 radical (unpaired) electrons. The third kappa shape index (κ3) is 4.79. The quantitative estimate of drug-likeness (QED) is 0.415. The Morgan fingerprint density at radius 1 is 1.03 bits per heavy atom. The number of aryl methyl sites for hydroxylation is 1. The van der Waals surface area contributed by atoms with Gasteiger partial charge in [0, 0.05) is 17.9 Å². The monoisotopic (exact) mass is 422 g/mol. The average molecular weight is 423 g/mol. The average Bonchev–Trinajstić information content (AvgIpc) is 3.25. The van der Waals surface area contributed by atoms with E-state index in [2.05, 4.69) is 53.4 Å². The number of pyridine rings is 2. The zero-order valence-electron chi connectivity index (χ0n) is 16.9. The molecule has 0 bridgehead atoms. The van der Waals surface area contributed by atoms with Crippen LogP contribution in [0.5, 0.6) is 0 Å². The largest absolute Gasteiger partial charge is 0.365 e. The van der Waals surface area contributed by atoms with Crippen LogP contribution in [0.3, 0.4) is 0 Å². The normalized spacial score (nSPS) is 10.9. The number of halogens is 1. The summed E-state index contributed by atoms with van der Waals surface area (Å²) in [5.41, 5.74) is 3.72. The molecule has 0 atom stereocenters. The molecule has 0 saturated carbocycles. The fraction of sp³-hybridized carbons (Fsp3) is 0.217. The van der Waals surface area contributed by atoms with Gasteiger partial charge in [-0.2, -0.15) is 0 Å². The SMILES string of the molecule is Cc1ccc(C#Cc2ccc(-c3nc4ccccn4c3NC(C)(C)C)s2)nc1.Cl. The van der Waals surface area contributed by atoms with Crippen molar-refractivity contribution in [3.05, 3.63) is 71.0 Å². The lowest BCUT2D eigenvalue weighted by Gasteiger charge is -2.22. The minimum absolute atomic E-state index is 0. The van der Waals surface area contributed by atoms with E-state index in [0.29, 0.717) is 0 Å². The van der Waals surface area contributed by atoms with E-state index in [4.69, 9.17) is 4.98 Å². The number of nitrogens with one attached hydrogen (secondary N) is 1. The first-order valence-corrected chi connectivity index (χ1v) is 10.0. The molecule has 0 aromatic carbocycles. The highest BCUT2D eigenvalue weighted by Crippen LogP contribution is 2.34. The number of imidazole rings is 1. The number of nitrogens with zero attached hydrogens (tertiary/aromatic N) is 3. The van der Waals surface area contributed by atoms with Gasteiger partial charge in [-0.05, 0) is 75.4 Å². The van der Waals surface area contributed by atoms with Crippen molar-refractivity contribution in [1.82, 2.24) is 14.4 Å². The van der Waals surface area contributed by atoms with Crippen molar-refractivity contribution in [2.24, 2.45) is 0 Å². The van der Waals surface area contributed by atoms with Crippen LogP contribution in [0.2, 0.25) is 0 Å². The van der Waals surface area contributed by atoms with Gasteiger partial charge in [0.15, 0.2) is 0 Å². The summed E-state index contributed by atoms with van der Waals surface area (Å²) in [6.45, 7) is 8.48. The Morgan fingerprint density at radius 2 is 1.86 bits per heavy atom. The summed E-state index contributed by atoms with van der Waals surface area (Å²) in [7, 11) is 0. The van der Waals surface area contributed by atoms with Crippen LogP contribution in [0.25, 0.3) is 16.2 Å². The van der Waals surface area contributed by atoms with Crippen molar-refractivity contribution in [3.8, 4) is 22.4 Å². The van der Waals surface area contributed by atoms with Gasteiger partial charge in [0.2, 0.25) is 0 Å². The Labute approximate surface area is 181 Å². The topological polar surface area (TPSA) is 42.2 Å². The first kappa shape index (κ1) is 20.9. The van der Waals surface area contributed by atoms with Gasteiger partial charge in [0.25, 0.3) is 0 Å². The second kappa shape index (κ2) is 8.28. The highest BCUT2D eigenvalue weighted by molar-refractivity contribution is 7.16. The molecule has 1 N–H and O–H groups in total. The smallest absolute Gasteiger partial charge is 0.140 e. The van der Waals surface area contributed by atoms with Crippen molar-refractivity contribution >= 4 is 35.2 Å². The molecule has 0 aliphatic rings. The minimum atomic E-state index is -0.0719. The summed E-state index contributed by atoms with van der Waals surface area (Å²) in [5.74, 6) is 7.37. The summed E-state index contributed by atoms with van der Waals surface area (Å²) in [4.78, 5) is 11.3. The van der Waals surface area contributed by atoms with Gasteiger partial charge < -0.3 is 5.32 Å². The van der Waals surface area contributed by atoms with Crippen LogP contribution in [-0.4, -0.2) is 19.9 Å². The molecule has 4 aromatic heterocycles. The summed E-state index contributed by atoms with van der Waals surface area (Å²) in [5, 5.41) is 3.60. The molecule has 4 heterocycles. The standard InChI is InChI=1S/C23H22N4S.ClH/c1-16-8-9-17(24-15-16)10-11-18-12-13-19(28-18)21-22(26-23(2,3)4)27-14-6-5-7-20(27)25-21;/h5-9,12-15,26H,1-4H3;1H. The van der Waals surface area contributed by atoms with E-state index in [1.807, 2.05) is 55.7 Å². The molecule has 29 heavy (non-hydrogen) atoms. The molecule has 0 unspecified atom stereocenters. The lowest BCUT2D eigenvalue weighted by atomic mass is 10.1. The van der Waals surface area contributed by atoms with E-state index < -0.39 is 0 Å². The van der Waals surface area contributed by atoms with Crippen LogP contribution in [-0.2, 0) is 0 Å². The molecular weight excluding hydrogens is 400 g/mol. The van der Waals surface area contributed by atoms with Crippen LogP contribution >= 0.6 is 23.7 Å². The van der Waals surface area contributed by atoms with E-state index in [1.54, 1.807) is 11.3 Å². The van der Waals surface area contributed by atoms with Gasteiger partial charge in [-0.15, -0.1) is 23.7 Å². The first-order chi connectivity index (χ1) is 13.4. The molecule has 0 aliphatic heterocycles. The Hall–Kier alpha value is -2.81. The molecule has 4 nitrogen and oxygen atoms in total. The van der Waals surface area contributed by atoms with E-state index in [9.17, 15) is 0 Å². The fourth-order valence-corrected chi connectivity index (χ4v) is 3.69. The molecule has 0 aliphatic carbocycles. The lowest BCUT2D eigenvalue weighted by Crippen LogP contribution is -2.27. The fourth-order valence-electron chi connectivity index (χ4n) is 2.84. The molecule has 0 amide bonds. The van der Waals surface area contributed by atoms with Crippen molar-refractivity contribution in [1.29, 1.82) is 0 Å². The number of rotatable bonds is 2. The van der Waals surface area contributed by atoms with Crippen LogP contribution in [0, 0.1) is 18.8 Å². The highest BCUT2D eigenvalue weighted by Gasteiger charge is 2.20. The first-order valence-electron chi connectivity index (χ1n) is 9.19. The second-order valence-electron chi connectivity index (χ2n) is 7.75. The molecule has 148 valence electrons.